The molecule has 76 valence electrons. The third-order valence-corrected chi connectivity index (χ3v) is 2.03. The van der Waals surface area contributed by atoms with Crippen LogP contribution in [0.3, 0.4) is 0 Å². The fourth-order valence-corrected chi connectivity index (χ4v) is 1.24. The molecule has 1 aromatic rings. The van der Waals surface area contributed by atoms with Gasteiger partial charge in [-0.25, -0.2) is 8.78 Å². The van der Waals surface area contributed by atoms with Gasteiger partial charge in [0.15, 0.2) is 11.6 Å². The summed E-state index contributed by atoms with van der Waals surface area (Å²) in [7, 11) is 0. The van der Waals surface area contributed by atoms with Crippen LogP contribution in [-0.4, -0.2) is 17.9 Å². The van der Waals surface area contributed by atoms with Crippen molar-refractivity contribution in [3.05, 3.63) is 29.8 Å². The third-order valence-electron chi connectivity index (χ3n) is 1.48. The number of rotatable bonds is 3. The van der Waals surface area contributed by atoms with E-state index < -0.39 is 11.6 Å². The minimum atomic E-state index is -0.966. The fraction of sp³-hybridized carbons (Fsp3) is 0.222. The van der Waals surface area contributed by atoms with Gasteiger partial charge >= 0.3 is 0 Å². The van der Waals surface area contributed by atoms with Crippen molar-refractivity contribution in [3.63, 3.8) is 0 Å². The summed E-state index contributed by atoms with van der Waals surface area (Å²) in [6, 6.07) is 3.24. The smallest absolute Gasteiger partial charge is 0.234 e. The largest absolute Gasteiger partial charge is 0.325 e. The summed E-state index contributed by atoms with van der Waals surface area (Å²) in [4.78, 5) is 11.1. The molecule has 0 aliphatic heterocycles. The molecule has 14 heavy (non-hydrogen) atoms. The first kappa shape index (κ1) is 11.0. The third kappa shape index (κ3) is 2.99. The highest BCUT2D eigenvalue weighted by Gasteiger charge is 2.05. The normalized spacial score (nSPS) is 9.93. The maximum absolute atomic E-state index is 12.7. The average molecular weight is 217 g/mol. The van der Waals surface area contributed by atoms with Crippen molar-refractivity contribution in [2.45, 2.75) is 0 Å². The van der Waals surface area contributed by atoms with Crippen molar-refractivity contribution in [2.75, 3.05) is 17.3 Å². The lowest BCUT2D eigenvalue weighted by atomic mass is 10.3. The summed E-state index contributed by atoms with van der Waals surface area (Å²) in [5, 5.41) is 2.44. The molecule has 1 N–H and O–H groups in total. The van der Waals surface area contributed by atoms with Crippen LogP contribution in [0.1, 0.15) is 0 Å². The van der Waals surface area contributed by atoms with Gasteiger partial charge in [-0.1, -0.05) is 0 Å². The quantitative estimate of drug-likeness (QED) is 0.841. The molecule has 0 aliphatic rings. The zero-order chi connectivity index (χ0) is 10.6. The lowest BCUT2D eigenvalue weighted by Crippen LogP contribution is -2.13. The Bertz CT molecular complexity index is 344. The molecule has 0 saturated heterocycles. The Morgan fingerprint density at radius 1 is 1.43 bits per heavy atom. The van der Waals surface area contributed by atoms with E-state index >= 15 is 0 Å². The molecule has 0 aromatic heterocycles. The molecule has 1 amide bonds. The Morgan fingerprint density at radius 3 is 2.71 bits per heavy atom. The van der Waals surface area contributed by atoms with Crippen LogP contribution in [0, 0.1) is 11.6 Å². The highest BCUT2D eigenvalue weighted by Crippen LogP contribution is 2.13. The molecule has 0 spiro atoms. The molecule has 1 aromatic carbocycles. The van der Waals surface area contributed by atoms with E-state index in [-0.39, 0.29) is 11.6 Å². The van der Waals surface area contributed by atoms with Crippen LogP contribution in [0.2, 0.25) is 0 Å². The zero-order valence-electron chi connectivity index (χ0n) is 7.51. The average Bonchev–Trinajstić information content (AvgIpc) is 2.12. The minimum absolute atomic E-state index is 0.233. The highest BCUT2D eigenvalue weighted by atomic mass is 32.2. The number of anilines is 1. The predicted molar refractivity (Wildman–Crippen MR) is 53.4 cm³/mol. The van der Waals surface area contributed by atoms with Crippen LogP contribution < -0.4 is 5.32 Å². The van der Waals surface area contributed by atoms with Crippen molar-refractivity contribution in [3.8, 4) is 0 Å². The first-order valence-electron chi connectivity index (χ1n) is 3.87. The molecule has 0 heterocycles. The zero-order valence-corrected chi connectivity index (χ0v) is 8.33. The lowest BCUT2D eigenvalue weighted by Gasteiger charge is -2.03. The van der Waals surface area contributed by atoms with Gasteiger partial charge in [0.2, 0.25) is 5.91 Å². The summed E-state index contributed by atoms with van der Waals surface area (Å²) >= 11 is 1.36. The minimum Gasteiger partial charge on any atom is -0.325 e. The van der Waals surface area contributed by atoms with Gasteiger partial charge < -0.3 is 5.32 Å². The molecule has 0 radical (unpaired) electrons. The van der Waals surface area contributed by atoms with Crippen LogP contribution in [0.15, 0.2) is 18.2 Å². The van der Waals surface area contributed by atoms with E-state index in [1.165, 1.54) is 17.8 Å². The van der Waals surface area contributed by atoms with E-state index in [4.69, 9.17) is 0 Å². The number of nitrogens with one attached hydrogen (secondary N) is 1. The van der Waals surface area contributed by atoms with Gasteiger partial charge in [-0.15, -0.1) is 0 Å². The molecule has 5 heteroatoms. The van der Waals surface area contributed by atoms with Gasteiger partial charge in [-0.3, -0.25) is 4.79 Å². The number of hydrogen-bond acceptors (Lipinski definition) is 2. The van der Waals surface area contributed by atoms with Crippen molar-refractivity contribution >= 4 is 23.4 Å². The van der Waals surface area contributed by atoms with Gasteiger partial charge in [0, 0.05) is 11.8 Å². The monoisotopic (exact) mass is 217 g/mol. The Kier molecular flexibility index (Phi) is 3.88. The Labute approximate surface area is 84.7 Å². The van der Waals surface area contributed by atoms with E-state index in [2.05, 4.69) is 5.32 Å². The molecule has 0 aliphatic carbocycles. The van der Waals surface area contributed by atoms with E-state index in [0.717, 1.165) is 12.1 Å². The second-order valence-electron chi connectivity index (χ2n) is 2.61. The van der Waals surface area contributed by atoms with E-state index in [9.17, 15) is 13.6 Å². The number of hydrogen-bond donors (Lipinski definition) is 1. The van der Waals surface area contributed by atoms with Gasteiger partial charge in [-0.2, -0.15) is 11.8 Å². The van der Waals surface area contributed by atoms with Gasteiger partial charge in [0.1, 0.15) is 0 Å². The van der Waals surface area contributed by atoms with Crippen molar-refractivity contribution in [2.24, 2.45) is 0 Å². The van der Waals surface area contributed by atoms with Crippen molar-refractivity contribution in [1.29, 1.82) is 0 Å². The van der Waals surface area contributed by atoms with Gasteiger partial charge in [-0.05, 0) is 18.4 Å². The van der Waals surface area contributed by atoms with E-state index in [1.54, 1.807) is 6.26 Å². The van der Waals surface area contributed by atoms with Crippen molar-refractivity contribution in [1.82, 2.24) is 0 Å². The number of benzene rings is 1. The number of halogens is 2. The van der Waals surface area contributed by atoms with Crippen LogP contribution in [0.25, 0.3) is 0 Å². The Morgan fingerprint density at radius 2 is 2.14 bits per heavy atom. The summed E-state index contributed by atoms with van der Waals surface area (Å²) in [5.41, 5.74) is 0.267. The van der Waals surface area contributed by atoms with Crippen LogP contribution in [0.4, 0.5) is 14.5 Å². The lowest BCUT2D eigenvalue weighted by molar-refractivity contribution is -0.113. The van der Waals surface area contributed by atoms with Gasteiger partial charge in [0.25, 0.3) is 0 Å². The Hall–Kier alpha value is -1.10. The molecule has 0 unspecified atom stereocenters. The van der Waals surface area contributed by atoms with Crippen LogP contribution in [0.5, 0.6) is 0 Å². The Balaban J connectivity index is 2.68. The molecular weight excluding hydrogens is 208 g/mol. The summed E-state index contributed by atoms with van der Waals surface area (Å²) in [6.45, 7) is 0. The molecule has 0 bridgehead atoms. The molecular formula is C9H9F2NOS. The van der Waals surface area contributed by atoms with E-state index in [1.807, 2.05) is 0 Å². The predicted octanol–water partition coefficient (Wildman–Crippen LogP) is 2.27. The second kappa shape index (κ2) is 4.95. The first-order valence-corrected chi connectivity index (χ1v) is 5.26. The topological polar surface area (TPSA) is 29.1 Å². The SMILES string of the molecule is CSCC(=O)Nc1ccc(F)c(F)c1. The van der Waals surface area contributed by atoms with Crippen LogP contribution in [-0.2, 0) is 4.79 Å². The summed E-state index contributed by atoms with van der Waals surface area (Å²) in [5.74, 6) is -1.83. The number of carbonyl (C=O) groups is 1. The summed E-state index contributed by atoms with van der Waals surface area (Å²) < 4.78 is 25.2. The molecule has 0 saturated carbocycles. The fourth-order valence-electron chi connectivity index (χ4n) is 0.902. The first-order chi connectivity index (χ1) is 6.63. The maximum atomic E-state index is 12.7. The number of thioether (sulfide) groups is 1. The molecule has 2 nitrogen and oxygen atoms in total. The standard InChI is InChI=1S/C9H9F2NOS/c1-14-5-9(13)12-6-2-3-7(10)8(11)4-6/h2-4H,5H2,1H3,(H,12,13). The number of amides is 1. The summed E-state index contributed by atoms with van der Waals surface area (Å²) in [6.07, 6.45) is 1.78. The van der Waals surface area contributed by atoms with Gasteiger partial charge in [0.05, 0.1) is 5.75 Å². The number of carbonyl (C=O) groups excluding carboxylic acids is 1. The molecule has 1 rings (SSSR count). The molecule has 0 fully saturated rings. The van der Waals surface area contributed by atoms with Crippen LogP contribution >= 0.6 is 11.8 Å². The van der Waals surface area contributed by atoms with E-state index in [0.29, 0.717) is 5.75 Å². The highest BCUT2D eigenvalue weighted by molar-refractivity contribution is 7.99. The van der Waals surface area contributed by atoms with Crippen molar-refractivity contribution < 1.29 is 13.6 Å². The second-order valence-corrected chi connectivity index (χ2v) is 3.48. The maximum Gasteiger partial charge on any atom is 0.234 e. The molecule has 0 atom stereocenters.